The molecule has 0 bridgehead atoms. The lowest BCUT2D eigenvalue weighted by Gasteiger charge is -2.08. The number of ketones is 1. The Kier molecular flexibility index (Phi) is 4.89. The van der Waals surface area contributed by atoms with Gasteiger partial charge < -0.3 is 10.1 Å². The number of benzene rings is 2. The van der Waals surface area contributed by atoms with Crippen molar-refractivity contribution in [2.45, 2.75) is 33.1 Å². The van der Waals surface area contributed by atoms with Crippen LogP contribution in [0, 0.1) is 13.8 Å². The molecule has 2 aromatic carbocycles. The largest absolute Gasteiger partial charge is 0.457 e. The zero-order valence-electron chi connectivity index (χ0n) is 15.1. The quantitative estimate of drug-likeness (QED) is 0.662. The fourth-order valence-electron chi connectivity index (χ4n) is 2.95. The number of anilines is 1. The van der Waals surface area contributed by atoms with E-state index >= 15 is 0 Å². The van der Waals surface area contributed by atoms with Crippen molar-refractivity contribution >= 4 is 23.3 Å². The van der Waals surface area contributed by atoms with E-state index in [1.165, 1.54) is 0 Å². The summed E-state index contributed by atoms with van der Waals surface area (Å²) in [5.74, 6) is -1.09. The van der Waals surface area contributed by atoms with E-state index in [9.17, 15) is 14.4 Å². The molecule has 134 valence electrons. The molecule has 1 aliphatic rings. The smallest absolute Gasteiger partial charge is 0.310 e. The molecule has 1 heterocycles. The third-order valence-corrected chi connectivity index (χ3v) is 4.78. The third-order valence-electron chi connectivity index (χ3n) is 4.78. The molecule has 0 spiro atoms. The topological polar surface area (TPSA) is 72.5 Å². The van der Waals surface area contributed by atoms with Crippen LogP contribution in [-0.2, 0) is 20.7 Å². The van der Waals surface area contributed by atoms with Crippen molar-refractivity contribution in [1.82, 2.24) is 0 Å². The number of esters is 1. The van der Waals surface area contributed by atoms with Crippen molar-refractivity contribution in [1.29, 1.82) is 0 Å². The van der Waals surface area contributed by atoms with Gasteiger partial charge in [0.05, 0.1) is 12.3 Å². The van der Waals surface area contributed by atoms with Crippen LogP contribution in [-0.4, -0.2) is 24.3 Å². The fourth-order valence-corrected chi connectivity index (χ4v) is 2.95. The Labute approximate surface area is 152 Å². The first kappa shape index (κ1) is 17.9. The highest BCUT2D eigenvalue weighted by atomic mass is 16.5. The molecule has 0 saturated carbocycles. The molecule has 5 heteroatoms. The fraction of sp³-hybridized carbons (Fsp3) is 0.286. The number of nitrogens with one attached hydrogen (secondary N) is 1. The first-order valence-corrected chi connectivity index (χ1v) is 8.55. The lowest BCUT2D eigenvalue weighted by Crippen LogP contribution is -2.16. The normalized spacial score (nSPS) is 15.3. The van der Waals surface area contributed by atoms with Crippen LogP contribution in [0.3, 0.4) is 0 Å². The second-order valence-electron chi connectivity index (χ2n) is 6.69. The van der Waals surface area contributed by atoms with Crippen LogP contribution < -0.4 is 5.32 Å². The highest BCUT2D eigenvalue weighted by Gasteiger charge is 2.27. The van der Waals surface area contributed by atoms with Crippen LogP contribution in [0.4, 0.5) is 5.69 Å². The zero-order chi connectivity index (χ0) is 18.8. The number of carbonyl (C=O) groups is 3. The lowest BCUT2D eigenvalue weighted by atomic mass is 9.99. The van der Waals surface area contributed by atoms with E-state index in [1.807, 2.05) is 32.0 Å². The average molecular weight is 351 g/mol. The van der Waals surface area contributed by atoms with E-state index < -0.39 is 5.97 Å². The van der Waals surface area contributed by atoms with Gasteiger partial charge in [-0.1, -0.05) is 18.2 Å². The van der Waals surface area contributed by atoms with Gasteiger partial charge in [0, 0.05) is 11.3 Å². The number of amides is 1. The molecule has 1 atom stereocenters. The number of hydrogen-bond acceptors (Lipinski definition) is 4. The van der Waals surface area contributed by atoms with Crippen molar-refractivity contribution in [3.8, 4) is 0 Å². The molecule has 0 saturated heterocycles. The molecule has 1 aliphatic heterocycles. The number of aryl methyl sites for hydroxylation is 2. The minimum absolute atomic E-state index is 0.0792. The predicted octanol–water partition coefficient (Wildman–Crippen LogP) is 3.33. The van der Waals surface area contributed by atoms with Gasteiger partial charge in [0.1, 0.15) is 0 Å². The van der Waals surface area contributed by atoms with Gasteiger partial charge in [-0.05, 0) is 61.2 Å². The molecule has 0 radical (unpaired) electrons. The van der Waals surface area contributed by atoms with E-state index in [-0.39, 0.29) is 30.6 Å². The molecule has 3 rings (SSSR count). The minimum Gasteiger partial charge on any atom is -0.457 e. The highest BCUT2D eigenvalue weighted by molar-refractivity contribution is 6.05. The SMILES string of the molecule is Cc1ccc(CC(=O)OCC(=O)c2ccc3c(c2)[C@@H](C)C(=O)N3)cc1C. The van der Waals surface area contributed by atoms with Gasteiger partial charge in [0.25, 0.3) is 0 Å². The number of fused-ring (bicyclic) bond motifs is 1. The highest BCUT2D eigenvalue weighted by Crippen LogP contribution is 2.32. The van der Waals surface area contributed by atoms with Crippen molar-refractivity contribution in [3.05, 3.63) is 64.2 Å². The van der Waals surface area contributed by atoms with Gasteiger partial charge in [-0.2, -0.15) is 0 Å². The molecule has 5 nitrogen and oxygen atoms in total. The first-order chi connectivity index (χ1) is 12.3. The Morgan fingerprint density at radius 1 is 1.08 bits per heavy atom. The van der Waals surface area contributed by atoms with E-state index in [0.717, 1.165) is 27.9 Å². The summed E-state index contributed by atoms with van der Waals surface area (Å²) in [6.45, 7) is 5.48. The van der Waals surface area contributed by atoms with Gasteiger partial charge in [-0.3, -0.25) is 14.4 Å². The minimum atomic E-state index is -0.437. The Bertz CT molecular complexity index is 901. The summed E-state index contributed by atoms with van der Waals surface area (Å²) < 4.78 is 5.13. The molecular formula is C21H21NO4. The van der Waals surface area contributed by atoms with E-state index in [4.69, 9.17) is 4.74 Å². The summed E-state index contributed by atoms with van der Waals surface area (Å²) in [4.78, 5) is 36.0. The number of hydrogen-bond donors (Lipinski definition) is 1. The molecule has 1 amide bonds. The lowest BCUT2D eigenvalue weighted by molar-refractivity contribution is -0.141. The van der Waals surface area contributed by atoms with E-state index in [2.05, 4.69) is 5.32 Å². The Hall–Kier alpha value is -2.95. The van der Waals surface area contributed by atoms with Crippen LogP contribution in [0.2, 0.25) is 0 Å². The molecule has 0 unspecified atom stereocenters. The van der Waals surface area contributed by atoms with Crippen LogP contribution >= 0.6 is 0 Å². The maximum Gasteiger partial charge on any atom is 0.310 e. The maximum absolute atomic E-state index is 12.3. The monoisotopic (exact) mass is 351 g/mol. The molecule has 0 fully saturated rings. The summed E-state index contributed by atoms with van der Waals surface area (Å²) in [6.07, 6.45) is 0.133. The van der Waals surface area contributed by atoms with Gasteiger partial charge in [0.2, 0.25) is 5.91 Å². The van der Waals surface area contributed by atoms with Gasteiger partial charge in [0.15, 0.2) is 12.4 Å². The van der Waals surface area contributed by atoms with Gasteiger partial charge in [-0.25, -0.2) is 0 Å². The first-order valence-electron chi connectivity index (χ1n) is 8.55. The number of carbonyl (C=O) groups excluding carboxylic acids is 3. The average Bonchev–Trinajstić information content (AvgIpc) is 2.90. The van der Waals surface area contributed by atoms with Crippen LogP contribution in [0.25, 0.3) is 0 Å². The number of ether oxygens (including phenoxy) is 1. The molecular weight excluding hydrogens is 330 g/mol. The Morgan fingerprint density at radius 3 is 2.58 bits per heavy atom. The van der Waals surface area contributed by atoms with E-state index in [1.54, 1.807) is 25.1 Å². The molecule has 2 aromatic rings. The maximum atomic E-state index is 12.3. The third kappa shape index (κ3) is 3.67. The summed E-state index contributed by atoms with van der Waals surface area (Å²) in [5.41, 5.74) is 5.10. The van der Waals surface area contributed by atoms with E-state index in [0.29, 0.717) is 5.56 Å². The van der Waals surface area contributed by atoms with Gasteiger partial charge in [-0.15, -0.1) is 0 Å². The molecule has 0 aromatic heterocycles. The summed E-state index contributed by atoms with van der Waals surface area (Å²) in [5, 5.41) is 2.76. The van der Waals surface area contributed by atoms with Crippen LogP contribution in [0.5, 0.6) is 0 Å². The zero-order valence-corrected chi connectivity index (χ0v) is 15.1. The Morgan fingerprint density at radius 2 is 1.85 bits per heavy atom. The summed E-state index contributed by atoms with van der Waals surface area (Å²) in [6, 6.07) is 10.8. The summed E-state index contributed by atoms with van der Waals surface area (Å²) in [7, 11) is 0. The number of rotatable bonds is 5. The van der Waals surface area contributed by atoms with Crippen molar-refractivity contribution in [2.75, 3.05) is 11.9 Å². The summed E-state index contributed by atoms with van der Waals surface area (Å²) >= 11 is 0. The second-order valence-corrected chi connectivity index (χ2v) is 6.69. The van der Waals surface area contributed by atoms with Crippen molar-refractivity contribution < 1.29 is 19.1 Å². The standard InChI is InChI=1S/C21H21NO4/c1-12-4-5-15(8-13(12)2)9-20(24)26-11-19(23)16-6-7-18-17(10-16)14(3)21(25)22-18/h4-8,10,14H,9,11H2,1-3H3,(H,22,25)/t14-/m1/s1. The molecule has 26 heavy (non-hydrogen) atoms. The molecule has 1 N–H and O–H groups in total. The number of Topliss-reactive ketones (excluding diaryl/α,β-unsaturated/α-hetero) is 1. The van der Waals surface area contributed by atoms with Crippen molar-refractivity contribution in [3.63, 3.8) is 0 Å². The predicted molar refractivity (Wildman–Crippen MR) is 98.4 cm³/mol. The van der Waals surface area contributed by atoms with Gasteiger partial charge >= 0.3 is 5.97 Å². The van der Waals surface area contributed by atoms with Crippen LogP contribution in [0.15, 0.2) is 36.4 Å². The van der Waals surface area contributed by atoms with Crippen LogP contribution in [0.1, 0.15) is 45.5 Å². The van der Waals surface area contributed by atoms with Crippen molar-refractivity contribution in [2.24, 2.45) is 0 Å². The second kappa shape index (κ2) is 7.12. The Balaban J connectivity index is 1.59. The molecule has 0 aliphatic carbocycles.